The van der Waals surface area contributed by atoms with Crippen LogP contribution in [0.15, 0.2) is 40.8 Å². The van der Waals surface area contributed by atoms with E-state index in [0.29, 0.717) is 17.9 Å². The summed E-state index contributed by atoms with van der Waals surface area (Å²) in [4.78, 5) is 0. The van der Waals surface area contributed by atoms with Crippen molar-refractivity contribution in [3.63, 3.8) is 0 Å². The van der Waals surface area contributed by atoms with Gasteiger partial charge in [-0.2, -0.15) is 0 Å². The van der Waals surface area contributed by atoms with Gasteiger partial charge in [-0.3, -0.25) is 0 Å². The van der Waals surface area contributed by atoms with Crippen LogP contribution >= 0.6 is 11.6 Å². The van der Waals surface area contributed by atoms with E-state index in [0.717, 1.165) is 17.2 Å². The zero-order valence-corrected chi connectivity index (χ0v) is 12.0. The molecule has 0 atom stereocenters. The Morgan fingerprint density at radius 3 is 2.50 bits per heavy atom. The van der Waals surface area contributed by atoms with Gasteiger partial charge >= 0.3 is 0 Å². The standard InChI is InChI=1S/C16H18ClNO2/c17-16-10-9-15(20-16)11-18-12-5-7-14(8-6-12)19-13-3-1-2-4-13/h5-10,13,18H,1-4,11H2. The minimum absolute atomic E-state index is 0.402. The lowest BCUT2D eigenvalue weighted by molar-refractivity contribution is 0.210. The van der Waals surface area contributed by atoms with Crippen molar-refractivity contribution in [2.24, 2.45) is 0 Å². The van der Waals surface area contributed by atoms with Gasteiger partial charge in [0.05, 0.1) is 12.6 Å². The molecular weight excluding hydrogens is 274 g/mol. The molecule has 1 aromatic heterocycles. The van der Waals surface area contributed by atoms with Crippen LogP contribution in [0, 0.1) is 0 Å². The summed E-state index contributed by atoms with van der Waals surface area (Å²) in [6.45, 7) is 0.621. The molecule has 1 aliphatic carbocycles. The topological polar surface area (TPSA) is 34.4 Å². The van der Waals surface area contributed by atoms with Gasteiger partial charge < -0.3 is 14.5 Å². The van der Waals surface area contributed by atoms with Crippen molar-refractivity contribution < 1.29 is 9.15 Å². The van der Waals surface area contributed by atoms with Crippen LogP contribution in [0.25, 0.3) is 0 Å². The summed E-state index contributed by atoms with van der Waals surface area (Å²) in [5.74, 6) is 1.77. The predicted octanol–water partition coefficient (Wildman–Crippen LogP) is 4.87. The highest BCUT2D eigenvalue weighted by atomic mass is 35.5. The van der Waals surface area contributed by atoms with Crippen molar-refractivity contribution in [2.75, 3.05) is 5.32 Å². The zero-order chi connectivity index (χ0) is 13.8. The van der Waals surface area contributed by atoms with Gasteiger partial charge in [-0.1, -0.05) is 0 Å². The fourth-order valence-corrected chi connectivity index (χ4v) is 2.65. The molecule has 20 heavy (non-hydrogen) atoms. The first-order valence-corrected chi connectivity index (χ1v) is 7.42. The van der Waals surface area contributed by atoms with Crippen molar-refractivity contribution in [3.8, 4) is 5.75 Å². The van der Waals surface area contributed by atoms with Crippen LogP contribution in [0.1, 0.15) is 31.4 Å². The largest absolute Gasteiger partial charge is 0.490 e. The number of ether oxygens (including phenoxy) is 1. The number of nitrogens with one attached hydrogen (secondary N) is 1. The first kappa shape index (κ1) is 13.4. The maximum absolute atomic E-state index is 5.93. The van der Waals surface area contributed by atoms with E-state index >= 15 is 0 Å². The van der Waals surface area contributed by atoms with E-state index < -0.39 is 0 Å². The summed E-state index contributed by atoms with van der Waals surface area (Å²) < 4.78 is 11.2. The Kier molecular flexibility index (Phi) is 4.16. The molecule has 0 saturated heterocycles. The summed E-state index contributed by atoms with van der Waals surface area (Å²) in [6, 6.07) is 11.7. The Morgan fingerprint density at radius 1 is 1.10 bits per heavy atom. The molecule has 0 amide bonds. The van der Waals surface area contributed by atoms with E-state index in [4.69, 9.17) is 20.8 Å². The first-order valence-electron chi connectivity index (χ1n) is 7.04. The number of hydrogen-bond acceptors (Lipinski definition) is 3. The summed E-state index contributed by atoms with van der Waals surface area (Å²) in [5.41, 5.74) is 1.04. The number of rotatable bonds is 5. The van der Waals surface area contributed by atoms with E-state index in [-0.39, 0.29) is 0 Å². The minimum atomic E-state index is 0.402. The fraction of sp³-hybridized carbons (Fsp3) is 0.375. The maximum Gasteiger partial charge on any atom is 0.193 e. The molecule has 106 valence electrons. The lowest BCUT2D eigenvalue weighted by Gasteiger charge is -2.13. The third-order valence-electron chi connectivity index (χ3n) is 3.55. The zero-order valence-electron chi connectivity index (χ0n) is 11.3. The van der Waals surface area contributed by atoms with Gasteiger partial charge in [0.15, 0.2) is 5.22 Å². The highest BCUT2D eigenvalue weighted by Gasteiger charge is 2.16. The SMILES string of the molecule is Clc1ccc(CNc2ccc(OC3CCCC3)cc2)o1. The van der Waals surface area contributed by atoms with Crippen LogP contribution in [-0.4, -0.2) is 6.10 Å². The van der Waals surface area contributed by atoms with Crippen LogP contribution < -0.4 is 10.1 Å². The van der Waals surface area contributed by atoms with Gasteiger partial charge in [0.1, 0.15) is 11.5 Å². The molecule has 0 radical (unpaired) electrons. The molecule has 0 spiro atoms. The molecular formula is C16H18ClNO2. The Balaban J connectivity index is 1.52. The third-order valence-corrected chi connectivity index (χ3v) is 3.76. The lowest BCUT2D eigenvalue weighted by atomic mass is 10.2. The first-order chi connectivity index (χ1) is 9.79. The van der Waals surface area contributed by atoms with Crippen LogP contribution in [0.4, 0.5) is 5.69 Å². The highest BCUT2D eigenvalue weighted by molar-refractivity contribution is 6.28. The second kappa shape index (κ2) is 6.23. The number of furan rings is 1. The van der Waals surface area contributed by atoms with Crippen molar-refractivity contribution in [1.82, 2.24) is 0 Å². The molecule has 3 nitrogen and oxygen atoms in total. The molecule has 4 heteroatoms. The number of hydrogen-bond donors (Lipinski definition) is 1. The molecule has 1 aliphatic rings. The quantitative estimate of drug-likeness (QED) is 0.853. The molecule has 1 fully saturated rings. The Hall–Kier alpha value is -1.61. The van der Waals surface area contributed by atoms with E-state index in [2.05, 4.69) is 5.32 Å². The molecule has 1 saturated carbocycles. The van der Waals surface area contributed by atoms with Crippen LogP contribution in [0.3, 0.4) is 0 Å². The summed E-state index contributed by atoms with van der Waals surface area (Å²) >= 11 is 5.73. The van der Waals surface area contributed by atoms with Crippen LogP contribution in [-0.2, 0) is 6.54 Å². The normalized spacial score (nSPS) is 15.4. The van der Waals surface area contributed by atoms with Crippen LogP contribution in [0.5, 0.6) is 5.75 Å². The van der Waals surface area contributed by atoms with Gasteiger partial charge in [-0.15, -0.1) is 0 Å². The Labute approximate surface area is 123 Å². The maximum atomic E-state index is 5.93. The molecule has 0 bridgehead atoms. The second-order valence-electron chi connectivity index (χ2n) is 5.11. The fourth-order valence-electron chi connectivity index (χ4n) is 2.49. The molecule has 0 aliphatic heterocycles. The number of anilines is 1. The molecule has 2 aromatic rings. The summed E-state index contributed by atoms with van der Waals surface area (Å²) in [5, 5.41) is 3.71. The summed E-state index contributed by atoms with van der Waals surface area (Å²) in [6.07, 6.45) is 5.34. The molecule has 0 unspecified atom stereocenters. The average molecular weight is 292 g/mol. The molecule has 3 rings (SSSR count). The van der Waals surface area contributed by atoms with Crippen molar-refractivity contribution in [2.45, 2.75) is 38.3 Å². The lowest BCUT2D eigenvalue weighted by Crippen LogP contribution is -2.10. The van der Waals surface area contributed by atoms with Gasteiger partial charge in [-0.05, 0) is 73.7 Å². The van der Waals surface area contributed by atoms with Gasteiger partial charge in [0.2, 0.25) is 0 Å². The van der Waals surface area contributed by atoms with Gasteiger partial charge in [0.25, 0.3) is 0 Å². The van der Waals surface area contributed by atoms with Crippen molar-refractivity contribution >= 4 is 17.3 Å². The number of halogens is 1. The number of benzene rings is 1. The predicted molar refractivity (Wildman–Crippen MR) is 80.4 cm³/mol. The van der Waals surface area contributed by atoms with Gasteiger partial charge in [0, 0.05) is 5.69 Å². The molecule has 1 heterocycles. The van der Waals surface area contributed by atoms with E-state index in [1.807, 2.05) is 30.3 Å². The van der Waals surface area contributed by atoms with Gasteiger partial charge in [-0.25, -0.2) is 0 Å². The average Bonchev–Trinajstić information content (AvgIpc) is 3.10. The molecule has 1 aromatic carbocycles. The van der Waals surface area contributed by atoms with Crippen LogP contribution in [0.2, 0.25) is 5.22 Å². The molecule has 1 N–H and O–H groups in total. The Bertz CT molecular complexity index is 544. The van der Waals surface area contributed by atoms with Crippen molar-refractivity contribution in [3.05, 3.63) is 47.4 Å². The third kappa shape index (κ3) is 3.48. The monoisotopic (exact) mass is 291 g/mol. The highest BCUT2D eigenvalue weighted by Crippen LogP contribution is 2.25. The Morgan fingerprint density at radius 2 is 1.85 bits per heavy atom. The van der Waals surface area contributed by atoms with Crippen molar-refractivity contribution in [1.29, 1.82) is 0 Å². The smallest absolute Gasteiger partial charge is 0.193 e. The summed E-state index contributed by atoms with van der Waals surface area (Å²) in [7, 11) is 0. The van der Waals surface area contributed by atoms with E-state index in [1.54, 1.807) is 6.07 Å². The van der Waals surface area contributed by atoms with E-state index in [1.165, 1.54) is 25.7 Å². The minimum Gasteiger partial charge on any atom is -0.490 e. The second-order valence-corrected chi connectivity index (χ2v) is 5.48. The van der Waals surface area contributed by atoms with E-state index in [9.17, 15) is 0 Å².